The fraction of sp³-hybridized carbons (Fsp3) is 0. The zero-order valence-corrected chi connectivity index (χ0v) is 7.59. The Morgan fingerprint density at radius 1 is 1.43 bits per heavy atom. The van der Waals surface area contributed by atoms with E-state index in [1.54, 1.807) is 0 Å². The zero-order valence-electron chi connectivity index (χ0n) is 5.72. The number of hydrogen-bond acceptors (Lipinski definition) is 2. The summed E-state index contributed by atoms with van der Waals surface area (Å²) in [7, 11) is 0. The molecule has 0 atom stereocenters. The smallest absolute Gasteiger partial charge is 1.00 e. The monoisotopic (exact) mass is 195 g/mol. The first-order chi connectivity index (χ1) is 1.73. The van der Waals surface area contributed by atoms with Crippen LogP contribution in [-0.2, 0) is 26.2 Å². The van der Waals surface area contributed by atoms with Gasteiger partial charge in [-0.3, -0.25) is 0 Å². The molecular formula is CH7MgNO3Zr. The number of carbonyl (C=O) groups is 1. The molecule has 0 aliphatic carbocycles. The first kappa shape index (κ1) is 24.8. The molecular weight excluding hydrogens is 190 g/mol. The van der Waals surface area contributed by atoms with E-state index in [9.17, 15) is 0 Å². The largest absolute Gasteiger partial charge is 2.00 e. The van der Waals surface area contributed by atoms with Gasteiger partial charge < -0.3 is 19.2 Å². The third kappa shape index (κ3) is 212. The quantitative estimate of drug-likeness (QED) is 0.484. The summed E-state index contributed by atoms with van der Waals surface area (Å²) in [5.74, 6) is 0. The summed E-state index contributed by atoms with van der Waals surface area (Å²) in [5.41, 5.74) is 0. The molecule has 0 aromatic heterocycles. The van der Waals surface area contributed by atoms with Crippen molar-refractivity contribution in [2.24, 2.45) is 0 Å². The van der Waals surface area contributed by atoms with Crippen molar-refractivity contribution in [3.05, 3.63) is 0 Å². The standard InChI is InChI=1S/CH2O3.Mg.H3N.Zr.2H/c2-1(3)4;;;;;/h(H2,2,3,4);;1H3;;;/q;+2;;;2*-1. The van der Waals surface area contributed by atoms with E-state index in [1.807, 2.05) is 0 Å². The van der Waals surface area contributed by atoms with Crippen LogP contribution in [0.4, 0.5) is 4.79 Å². The van der Waals surface area contributed by atoms with Gasteiger partial charge in [-0.25, -0.2) is 4.79 Å². The van der Waals surface area contributed by atoms with Gasteiger partial charge in [0, 0.05) is 26.2 Å². The van der Waals surface area contributed by atoms with E-state index in [4.69, 9.17) is 15.0 Å². The summed E-state index contributed by atoms with van der Waals surface area (Å²) in [5, 5.41) is 13.9. The average Bonchev–Trinajstić information content (AvgIpc) is 0.811. The van der Waals surface area contributed by atoms with E-state index in [0.717, 1.165) is 0 Å². The molecule has 0 aliphatic rings. The first-order valence-corrected chi connectivity index (χ1v) is 0.651. The van der Waals surface area contributed by atoms with E-state index in [-0.39, 0.29) is 58.3 Å². The maximum atomic E-state index is 8.56. The van der Waals surface area contributed by atoms with Crippen molar-refractivity contribution in [2.75, 3.05) is 0 Å². The van der Waals surface area contributed by atoms with Gasteiger partial charge in [0.05, 0.1) is 0 Å². The molecule has 7 heavy (non-hydrogen) atoms. The van der Waals surface area contributed by atoms with Crippen LogP contribution in [0.1, 0.15) is 2.85 Å². The number of carboxylic acid groups (broad SMARTS) is 2. The SMILES string of the molecule is N.O=C(O)O.[H-].[H-].[Mg+2].[Zr]. The van der Waals surface area contributed by atoms with Crippen LogP contribution in [-0.4, -0.2) is 39.4 Å². The average molecular weight is 197 g/mol. The van der Waals surface area contributed by atoms with E-state index in [2.05, 4.69) is 0 Å². The van der Waals surface area contributed by atoms with E-state index in [1.165, 1.54) is 0 Å². The van der Waals surface area contributed by atoms with Gasteiger partial charge in [-0.15, -0.1) is 0 Å². The van der Waals surface area contributed by atoms with Crippen LogP contribution in [0.2, 0.25) is 0 Å². The maximum absolute atomic E-state index is 8.56. The molecule has 0 fully saturated rings. The Balaban J connectivity index is -0.00000000450. The van der Waals surface area contributed by atoms with Crippen LogP contribution < -0.4 is 6.15 Å². The fourth-order valence-corrected chi connectivity index (χ4v) is 0. The Bertz CT molecular complexity index is 44.8. The Morgan fingerprint density at radius 3 is 1.43 bits per heavy atom. The molecule has 5 N–H and O–H groups in total. The van der Waals surface area contributed by atoms with Gasteiger partial charge in [-0.1, -0.05) is 0 Å². The van der Waals surface area contributed by atoms with Gasteiger partial charge in [0.1, 0.15) is 0 Å². The first-order valence-electron chi connectivity index (χ1n) is 0.651. The van der Waals surface area contributed by atoms with Gasteiger partial charge in [0.2, 0.25) is 0 Å². The molecule has 0 heterocycles. The van der Waals surface area contributed by atoms with Crippen LogP contribution in [0.3, 0.4) is 0 Å². The molecule has 0 rings (SSSR count). The predicted molar refractivity (Wildman–Crippen MR) is 23.7 cm³/mol. The topological polar surface area (TPSA) is 92.5 Å². The minimum absolute atomic E-state index is 0. The molecule has 0 aromatic rings. The summed E-state index contributed by atoms with van der Waals surface area (Å²) in [6.45, 7) is 0. The van der Waals surface area contributed by atoms with Gasteiger partial charge in [0.15, 0.2) is 0 Å². The summed E-state index contributed by atoms with van der Waals surface area (Å²) in [6.07, 6.45) is -1.83. The van der Waals surface area contributed by atoms with Crippen molar-refractivity contribution in [2.45, 2.75) is 0 Å². The molecule has 0 saturated heterocycles. The van der Waals surface area contributed by atoms with Gasteiger partial charge in [-0.05, 0) is 0 Å². The Hall–Kier alpha value is 0.879. The molecule has 4 nitrogen and oxygen atoms in total. The molecule has 0 aromatic carbocycles. The van der Waals surface area contributed by atoms with Gasteiger partial charge >= 0.3 is 29.2 Å². The molecule has 0 spiro atoms. The van der Waals surface area contributed by atoms with Gasteiger partial charge in [0.25, 0.3) is 0 Å². The molecule has 0 amide bonds. The second kappa shape index (κ2) is 15.8. The van der Waals surface area contributed by atoms with Crippen LogP contribution in [0.5, 0.6) is 0 Å². The second-order valence-electron chi connectivity index (χ2n) is 0.283. The van der Waals surface area contributed by atoms with E-state index >= 15 is 0 Å². The third-order valence-corrected chi connectivity index (χ3v) is 0. The molecule has 0 radical (unpaired) electrons. The maximum Gasteiger partial charge on any atom is 2.00 e. The molecule has 0 bridgehead atoms. The van der Waals surface area contributed by atoms with Crippen molar-refractivity contribution >= 4 is 29.2 Å². The van der Waals surface area contributed by atoms with Crippen molar-refractivity contribution in [3.8, 4) is 0 Å². The molecule has 0 aliphatic heterocycles. The van der Waals surface area contributed by atoms with E-state index in [0.29, 0.717) is 0 Å². The summed E-state index contributed by atoms with van der Waals surface area (Å²) in [4.78, 5) is 8.56. The number of hydrogen-bond donors (Lipinski definition) is 3. The minimum Gasteiger partial charge on any atom is -1.00 e. The minimum atomic E-state index is -1.83. The summed E-state index contributed by atoms with van der Waals surface area (Å²) in [6, 6.07) is 0. The van der Waals surface area contributed by atoms with Crippen LogP contribution in [0.15, 0.2) is 0 Å². The zero-order chi connectivity index (χ0) is 3.58. The third-order valence-electron chi connectivity index (χ3n) is 0. The normalized spacial score (nSPS) is 3.43. The Labute approximate surface area is 79.1 Å². The van der Waals surface area contributed by atoms with Crippen molar-refractivity contribution in [1.82, 2.24) is 6.15 Å². The summed E-state index contributed by atoms with van der Waals surface area (Å²) < 4.78 is 0. The molecule has 6 heteroatoms. The Kier molecular flexibility index (Phi) is 55.9. The summed E-state index contributed by atoms with van der Waals surface area (Å²) >= 11 is 0. The fourth-order valence-electron chi connectivity index (χ4n) is 0. The predicted octanol–water partition coefficient (Wildman–Crippen LogP) is 0.226. The van der Waals surface area contributed by atoms with Gasteiger partial charge in [-0.2, -0.15) is 0 Å². The molecule has 40 valence electrons. The van der Waals surface area contributed by atoms with E-state index < -0.39 is 6.16 Å². The number of rotatable bonds is 0. The van der Waals surface area contributed by atoms with Crippen molar-refractivity contribution in [3.63, 3.8) is 0 Å². The van der Waals surface area contributed by atoms with Crippen LogP contribution in [0, 0.1) is 0 Å². The second-order valence-corrected chi connectivity index (χ2v) is 0.283. The van der Waals surface area contributed by atoms with Crippen molar-refractivity contribution < 1.29 is 44.1 Å². The molecule has 0 unspecified atom stereocenters. The molecule has 0 saturated carbocycles. The Morgan fingerprint density at radius 2 is 1.43 bits per heavy atom. The van der Waals surface area contributed by atoms with Crippen LogP contribution >= 0.6 is 0 Å². The van der Waals surface area contributed by atoms with Crippen LogP contribution in [0.25, 0.3) is 0 Å². The van der Waals surface area contributed by atoms with Crippen molar-refractivity contribution in [1.29, 1.82) is 0 Å².